The second-order valence-electron chi connectivity index (χ2n) is 7.05. The summed E-state index contributed by atoms with van der Waals surface area (Å²) in [4.78, 5) is 11.2. The number of aliphatic hydroxyl groups is 2. The number of hydrogen-bond acceptors (Lipinski definition) is 3. The standard InChI is InChI=1S/C15H20O3/c1-13(2)7-9-6-10(8-16)15(18)5-4-14(15,3)11(9)12(13)17/h6,8-9,11-12,17-18H,4,7H2,1-3H3/t9?,11?,12-,14-,15-/m1/s1. The molecule has 3 aliphatic rings. The highest BCUT2D eigenvalue weighted by Crippen LogP contribution is 2.67. The van der Waals surface area contributed by atoms with Crippen LogP contribution < -0.4 is 0 Å². The molecule has 0 heterocycles. The summed E-state index contributed by atoms with van der Waals surface area (Å²) in [5.41, 5.74) is -1.43. The molecule has 0 aromatic carbocycles. The highest BCUT2D eigenvalue weighted by atomic mass is 16.3. The van der Waals surface area contributed by atoms with Crippen LogP contribution in [0.4, 0.5) is 0 Å². The Kier molecular flexibility index (Phi) is 2.24. The molecule has 0 saturated heterocycles. The summed E-state index contributed by atoms with van der Waals surface area (Å²) in [6, 6.07) is 0. The predicted molar refractivity (Wildman–Crippen MR) is 66.4 cm³/mol. The Morgan fingerprint density at radius 2 is 2.11 bits per heavy atom. The van der Waals surface area contributed by atoms with E-state index in [4.69, 9.17) is 0 Å². The number of hydrogen-bond donors (Lipinski definition) is 2. The second-order valence-corrected chi connectivity index (χ2v) is 7.05. The van der Waals surface area contributed by atoms with Gasteiger partial charge in [-0.2, -0.15) is 0 Å². The van der Waals surface area contributed by atoms with E-state index >= 15 is 0 Å². The van der Waals surface area contributed by atoms with Gasteiger partial charge in [0.15, 0.2) is 0 Å². The molecule has 3 rings (SSSR count). The van der Waals surface area contributed by atoms with Gasteiger partial charge in [-0.3, -0.25) is 4.79 Å². The first-order valence-electron chi connectivity index (χ1n) is 6.59. The molecule has 0 aromatic heterocycles. The molecule has 0 amide bonds. The molecule has 98 valence electrons. The van der Waals surface area contributed by atoms with Gasteiger partial charge in [-0.15, -0.1) is 0 Å². The van der Waals surface area contributed by atoms with Gasteiger partial charge in [-0.25, -0.2) is 0 Å². The maximum Gasteiger partial charge on any atom is 0.148 e. The maximum atomic E-state index is 11.2. The molecule has 5 atom stereocenters. The van der Waals surface area contributed by atoms with E-state index in [2.05, 4.69) is 20.3 Å². The molecule has 2 fully saturated rings. The fourth-order valence-electron chi connectivity index (χ4n) is 4.36. The predicted octanol–water partition coefficient (Wildman–Crippen LogP) is 1.37. The van der Waals surface area contributed by atoms with Crippen LogP contribution in [-0.4, -0.2) is 28.2 Å². The zero-order chi connectivity index (χ0) is 13.3. The third-order valence-electron chi connectivity index (χ3n) is 5.58. The van der Waals surface area contributed by atoms with E-state index in [1.165, 1.54) is 0 Å². The van der Waals surface area contributed by atoms with E-state index in [-0.39, 0.29) is 17.3 Å². The summed E-state index contributed by atoms with van der Waals surface area (Å²) in [5.74, 6) is 0.199. The van der Waals surface area contributed by atoms with Crippen LogP contribution in [0.5, 0.6) is 0 Å². The average Bonchev–Trinajstić information content (AvgIpc) is 2.53. The fourth-order valence-corrected chi connectivity index (χ4v) is 4.36. The van der Waals surface area contributed by atoms with E-state index in [9.17, 15) is 15.0 Å². The summed E-state index contributed by atoms with van der Waals surface area (Å²) in [6.07, 6.45) is 6.65. The van der Waals surface area contributed by atoms with Crippen molar-refractivity contribution in [2.24, 2.45) is 22.7 Å². The van der Waals surface area contributed by atoms with Crippen molar-refractivity contribution in [3.05, 3.63) is 18.1 Å². The fraction of sp³-hybridized carbons (Fsp3) is 0.733. The quantitative estimate of drug-likeness (QED) is 0.689. The van der Waals surface area contributed by atoms with Gasteiger partial charge in [0.2, 0.25) is 0 Å². The third-order valence-corrected chi connectivity index (χ3v) is 5.58. The van der Waals surface area contributed by atoms with Crippen molar-refractivity contribution in [3.63, 3.8) is 0 Å². The molecule has 0 aliphatic heterocycles. The monoisotopic (exact) mass is 248 g/mol. The summed E-state index contributed by atoms with van der Waals surface area (Å²) in [5, 5.41) is 21.2. The summed E-state index contributed by atoms with van der Waals surface area (Å²) >= 11 is 0. The molecule has 3 nitrogen and oxygen atoms in total. The van der Waals surface area contributed by atoms with Crippen molar-refractivity contribution in [2.45, 2.75) is 45.3 Å². The Bertz CT molecular complexity index is 439. The zero-order valence-electron chi connectivity index (χ0n) is 11.1. The minimum Gasteiger partial charge on any atom is -0.392 e. The van der Waals surface area contributed by atoms with Gasteiger partial charge in [0.05, 0.1) is 6.10 Å². The van der Waals surface area contributed by atoms with E-state index in [1.54, 1.807) is 0 Å². The molecule has 2 saturated carbocycles. The van der Waals surface area contributed by atoms with Crippen LogP contribution in [0.2, 0.25) is 0 Å². The van der Waals surface area contributed by atoms with Crippen molar-refractivity contribution in [1.29, 1.82) is 0 Å². The number of carbonyl (C=O) groups is 1. The Morgan fingerprint density at radius 3 is 2.61 bits per heavy atom. The lowest BCUT2D eigenvalue weighted by molar-refractivity contribution is -0.157. The molecule has 2 unspecified atom stereocenters. The SMILES string of the molecule is CC1(C)CC2C=C(C=O)[C@]3(O)[C]C[C@]3(C)C2[C@H]1O. The van der Waals surface area contributed by atoms with Gasteiger partial charge in [0, 0.05) is 23.3 Å². The van der Waals surface area contributed by atoms with Crippen LogP contribution >= 0.6 is 0 Å². The average molecular weight is 248 g/mol. The minimum absolute atomic E-state index is 0.0162. The number of aliphatic hydroxyl groups excluding tert-OH is 1. The topological polar surface area (TPSA) is 57.5 Å². The van der Waals surface area contributed by atoms with Crippen LogP contribution in [0.15, 0.2) is 11.6 Å². The van der Waals surface area contributed by atoms with Crippen molar-refractivity contribution in [2.75, 3.05) is 0 Å². The number of carbonyl (C=O) groups excluding carboxylic acids is 1. The maximum absolute atomic E-state index is 11.2. The first-order chi connectivity index (χ1) is 8.26. The largest absolute Gasteiger partial charge is 0.392 e. The molecule has 2 radical (unpaired) electrons. The van der Waals surface area contributed by atoms with Crippen molar-refractivity contribution in [3.8, 4) is 0 Å². The normalized spacial score (nSPS) is 52.9. The Hall–Kier alpha value is -0.670. The molecular weight excluding hydrogens is 228 g/mol. The molecule has 0 spiro atoms. The molecule has 2 N–H and O–H groups in total. The first-order valence-corrected chi connectivity index (χ1v) is 6.59. The van der Waals surface area contributed by atoms with Crippen molar-refractivity contribution in [1.82, 2.24) is 0 Å². The van der Waals surface area contributed by atoms with Crippen LogP contribution in [0.1, 0.15) is 33.6 Å². The molecule has 18 heavy (non-hydrogen) atoms. The lowest BCUT2D eigenvalue weighted by Crippen LogP contribution is -2.65. The van der Waals surface area contributed by atoms with Gasteiger partial charge >= 0.3 is 0 Å². The third kappa shape index (κ3) is 1.15. The molecule has 0 bridgehead atoms. The zero-order valence-corrected chi connectivity index (χ0v) is 11.1. The molecular formula is C15H20O3. The van der Waals surface area contributed by atoms with Gasteiger partial charge in [-0.05, 0) is 24.2 Å². The highest BCUT2D eigenvalue weighted by molar-refractivity contribution is 5.79. The van der Waals surface area contributed by atoms with Gasteiger partial charge in [-0.1, -0.05) is 26.8 Å². The lowest BCUT2D eigenvalue weighted by Gasteiger charge is -2.61. The molecule has 3 heteroatoms. The van der Waals surface area contributed by atoms with Crippen molar-refractivity contribution < 1.29 is 15.0 Å². The van der Waals surface area contributed by atoms with E-state index < -0.39 is 17.1 Å². The second kappa shape index (κ2) is 3.26. The Labute approximate surface area is 108 Å². The van der Waals surface area contributed by atoms with Gasteiger partial charge in [0.25, 0.3) is 0 Å². The van der Waals surface area contributed by atoms with Crippen LogP contribution in [-0.2, 0) is 4.79 Å². The minimum atomic E-state index is -1.25. The van der Waals surface area contributed by atoms with Crippen molar-refractivity contribution >= 4 is 6.29 Å². The van der Waals surface area contributed by atoms with Crippen LogP contribution in [0, 0.1) is 29.1 Å². The summed E-state index contributed by atoms with van der Waals surface area (Å²) in [6.45, 7) is 6.08. The van der Waals surface area contributed by atoms with E-state index in [0.29, 0.717) is 12.0 Å². The number of fused-ring (bicyclic) bond motifs is 3. The highest BCUT2D eigenvalue weighted by Gasteiger charge is 2.69. The van der Waals surface area contributed by atoms with Gasteiger partial charge < -0.3 is 10.2 Å². The van der Waals surface area contributed by atoms with E-state index in [1.807, 2.05) is 13.0 Å². The number of rotatable bonds is 1. The molecule has 3 aliphatic carbocycles. The Balaban J connectivity index is 2.11. The van der Waals surface area contributed by atoms with E-state index in [0.717, 1.165) is 12.7 Å². The lowest BCUT2D eigenvalue weighted by atomic mass is 9.45. The Morgan fingerprint density at radius 1 is 1.44 bits per heavy atom. The number of aldehydes is 1. The smallest absolute Gasteiger partial charge is 0.148 e. The first kappa shape index (κ1) is 12.4. The molecule has 0 aromatic rings. The van der Waals surface area contributed by atoms with Gasteiger partial charge in [0.1, 0.15) is 11.9 Å². The van der Waals surface area contributed by atoms with Crippen LogP contribution in [0.3, 0.4) is 0 Å². The number of allylic oxidation sites excluding steroid dienone is 1. The summed E-state index contributed by atoms with van der Waals surface area (Å²) < 4.78 is 0. The summed E-state index contributed by atoms with van der Waals surface area (Å²) in [7, 11) is 0. The van der Waals surface area contributed by atoms with Crippen LogP contribution in [0.25, 0.3) is 0 Å².